The van der Waals surface area contributed by atoms with Crippen molar-refractivity contribution >= 4 is 11.6 Å². The molecule has 0 saturated heterocycles. The summed E-state index contributed by atoms with van der Waals surface area (Å²) in [5.74, 6) is 0. The van der Waals surface area contributed by atoms with Crippen molar-refractivity contribution in [2.75, 3.05) is 6.54 Å². The summed E-state index contributed by atoms with van der Waals surface area (Å²) in [5.41, 5.74) is 2.18. The fourth-order valence-corrected chi connectivity index (χ4v) is 2.62. The molecule has 0 bridgehead atoms. The maximum absolute atomic E-state index is 6.40. The SMILES string of the molecule is CCCNC(CCC)Cc1c(Cl)c(CC)nn1C. The number of hydrogen-bond acceptors (Lipinski definition) is 2. The molecule has 0 aliphatic carbocycles. The number of rotatable bonds is 8. The van der Waals surface area contributed by atoms with Gasteiger partial charge in [-0.1, -0.05) is 38.8 Å². The van der Waals surface area contributed by atoms with Gasteiger partial charge in [0, 0.05) is 19.5 Å². The molecular weight excluding hydrogens is 246 g/mol. The molecule has 1 aromatic rings. The third-order valence-corrected chi connectivity index (χ3v) is 3.70. The predicted octanol–water partition coefficient (Wildman–Crippen LogP) is 3.35. The highest BCUT2D eigenvalue weighted by atomic mass is 35.5. The van der Waals surface area contributed by atoms with Gasteiger partial charge in [-0.05, 0) is 25.8 Å². The summed E-state index contributed by atoms with van der Waals surface area (Å²) in [6.07, 6.45) is 5.41. The number of aryl methyl sites for hydroxylation is 2. The summed E-state index contributed by atoms with van der Waals surface area (Å²) >= 11 is 6.40. The van der Waals surface area contributed by atoms with Gasteiger partial charge in [-0.3, -0.25) is 4.68 Å². The molecule has 18 heavy (non-hydrogen) atoms. The third kappa shape index (κ3) is 3.99. The second kappa shape index (κ2) is 7.80. The van der Waals surface area contributed by atoms with Gasteiger partial charge in [-0.15, -0.1) is 0 Å². The number of halogens is 1. The van der Waals surface area contributed by atoms with E-state index < -0.39 is 0 Å². The average molecular weight is 272 g/mol. The molecule has 0 radical (unpaired) electrons. The quantitative estimate of drug-likeness (QED) is 0.786. The fraction of sp³-hybridized carbons (Fsp3) is 0.786. The fourth-order valence-electron chi connectivity index (χ4n) is 2.25. The van der Waals surface area contributed by atoms with Crippen molar-refractivity contribution in [3.63, 3.8) is 0 Å². The van der Waals surface area contributed by atoms with E-state index in [1.54, 1.807) is 0 Å². The Bertz CT molecular complexity index is 360. The molecule has 104 valence electrons. The summed E-state index contributed by atoms with van der Waals surface area (Å²) < 4.78 is 1.94. The molecular formula is C14H26ClN3. The Morgan fingerprint density at radius 1 is 1.28 bits per heavy atom. The standard InChI is InChI=1S/C14H26ClN3/c1-5-8-11(16-9-6-2)10-13-14(15)12(7-3)17-18(13)4/h11,16H,5-10H2,1-4H3. The van der Waals surface area contributed by atoms with Gasteiger partial charge in [0.15, 0.2) is 0 Å². The van der Waals surface area contributed by atoms with E-state index in [0.29, 0.717) is 6.04 Å². The molecule has 0 fully saturated rings. The lowest BCUT2D eigenvalue weighted by Crippen LogP contribution is -2.32. The molecule has 0 saturated carbocycles. The minimum atomic E-state index is 0.507. The van der Waals surface area contributed by atoms with Crippen LogP contribution < -0.4 is 5.32 Å². The zero-order valence-electron chi connectivity index (χ0n) is 12.1. The van der Waals surface area contributed by atoms with Crippen LogP contribution in [-0.2, 0) is 19.9 Å². The predicted molar refractivity (Wildman–Crippen MR) is 78.3 cm³/mol. The van der Waals surface area contributed by atoms with Crippen LogP contribution in [0, 0.1) is 0 Å². The molecule has 1 atom stereocenters. The van der Waals surface area contributed by atoms with Crippen LogP contribution in [0.4, 0.5) is 0 Å². The number of nitrogens with one attached hydrogen (secondary N) is 1. The van der Waals surface area contributed by atoms with Crippen molar-refractivity contribution < 1.29 is 0 Å². The van der Waals surface area contributed by atoms with Gasteiger partial charge >= 0.3 is 0 Å². The Balaban J connectivity index is 2.76. The molecule has 3 nitrogen and oxygen atoms in total. The van der Waals surface area contributed by atoms with E-state index in [1.807, 2.05) is 11.7 Å². The van der Waals surface area contributed by atoms with Crippen molar-refractivity contribution in [2.45, 2.75) is 58.9 Å². The Kier molecular flexibility index (Phi) is 6.72. The largest absolute Gasteiger partial charge is 0.314 e. The van der Waals surface area contributed by atoms with Gasteiger partial charge in [-0.25, -0.2) is 0 Å². The number of aromatic nitrogens is 2. The van der Waals surface area contributed by atoms with Gasteiger partial charge in [-0.2, -0.15) is 5.10 Å². The summed E-state index contributed by atoms with van der Waals surface area (Å²) in [7, 11) is 1.99. The normalized spacial score (nSPS) is 12.9. The highest BCUT2D eigenvalue weighted by Gasteiger charge is 2.17. The van der Waals surface area contributed by atoms with E-state index in [1.165, 1.54) is 19.3 Å². The van der Waals surface area contributed by atoms with Crippen molar-refractivity contribution in [2.24, 2.45) is 7.05 Å². The first kappa shape index (κ1) is 15.5. The van der Waals surface area contributed by atoms with Crippen LogP contribution in [0.3, 0.4) is 0 Å². The molecule has 0 aromatic carbocycles. The molecule has 1 heterocycles. The maximum Gasteiger partial charge on any atom is 0.0850 e. The van der Waals surface area contributed by atoms with Gasteiger partial charge in [0.25, 0.3) is 0 Å². The van der Waals surface area contributed by atoms with Crippen molar-refractivity contribution in [3.05, 3.63) is 16.4 Å². The summed E-state index contributed by atoms with van der Waals surface area (Å²) in [5, 5.41) is 8.94. The Morgan fingerprint density at radius 2 is 2.00 bits per heavy atom. The first-order chi connectivity index (χ1) is 8.63. The molecule has 0 aliphatic heterocycles. The van der Waals surface area contributed by atoms with Crippen LogP contribution in [0.25, 0.3) is 0 Å². The van der Waals surface area contributed by atoms with Crippen molar-refractivity contribution in [1.82, 2.24) is 15.1 Å². The molecule has 4 heteroatoms. The molecule has 0 amide bonds. The van der Waals surface area contributed by atoms with E-state index in [2.05, 4.69) is 31.2 Å². The Hall–Kier alpha value is -0.540. The molecule has 1 unspecified atom stereocenters. The maximum atomic E-state index is 6.40. The second-order valence-corrected chi connectivity index (χ2v) is 5.21. The molecule has 0 aliphatic rings. The van der Waals surface area contributed by atoms with Crippen LogP contribution in [-0.4, -0.2) is 22.4 Å². The average Bonchev–Trinajstić information content (AvgIpc) is 2.63. The Morgan fingerprint density at radius 3 is 2.50 bits per heavy atom. The summed E-state index contributed by atoms with van der Waals surface area (Å²) in [6.45, 7) is 7.59. The van der Waals surface area contributed by atoms with Crippen molar-refractivity contribution in [3.8, 4) is 0 Å². The summed E-state index contributed by atoms with van der Waals surface area (Å²) in [4.78, 5) is 0. The zero-order chi connectivity index (χ0) is 13.5. The first-order valence-corrected chi connectivity index (χ1v) is 7.45. The van der Waals surface area contributed by atoms with E-state index in [4.69, 9.17) is 11.6 Å². The van der Waals surface area contributed by atoms with E-state index in [0.717, 1.165) is 35.8 Å². The van der Waals surface area contributed by atoms with Crippen molar-refractivity contribution in [1.29, 1.82) is 0 Å². The van der Waals surface area contributed by atoms with Gasteiger partial charge in [0.2, 0.25) is 0 Å². The molecule has 1 aromatic heterocycles. The third-order valence-electron chi connectivity index (χ3n) is 3.26. The van der Waals surface area contributed by atoms with E-state index >= 15 is 0 Å². The number of hydrogen-bond donors (Lipinski definition) is 1. The van der Waals surface area contributed by atoms with Crippen LogP contribution in [0.15, 0.2) is 0 Å². The van der Waals surface area contributed by atoms with E-state index in [-0.39, 0.29) is 0 Å². The highest BCUT2D eigenvalue weighted by molar-refractivity contribution is 6.31. The molecule has 1 N–H and O–H groups in total. The monoisotopic (exact) mass is 271 g/mol. The lowest BCUT2D eigenvalue weighted by Gasteiger charge is -2.18. The number of nitrogens with zero attached hydrogens (tertiary/aromatic N) is 2. The van der Waals surface area contributed by atoms with Gasteiger partial charge in [0.1, 0.15) is 0 Å². The lowest BCUT2D eigenvalue weighted by molar-refractivity contribution is 0.461. The molecule has 0 spiro atoms. The van der Waals surface area contributed by atoms with E-state index in [9.17, 15) is 0 Å². The lowest BCUT2D eigenvalue weighted by atomic mass is 10.1. The van der Waals surface area contributed by atoms with Gasteiger partial charge in [0.05, 0.1) is 16.4 Å². The smallest absolute Gasteiger partial charge is 0.0850 e. The summed E-state index contributed by atoms with van der Waals surface area (Å²) in [6, 6.07) is 0.507. The van der Waals surface area contributed by atoms with Gasteiger partial charge < -0.3 is 5.32 Å². The topological polar surface area (TPSA) is 29.9 Å². The van der Waals surface area contributed by atoms with Crippen LogP contribution in [0.2, 0.25) is 5.02 Å². The Labute approximate surface area is 116 Å². The second-order valence-electron chi connectivity index (χ2n) is 4.83. The minimum Gasteiger partial charge on any atom is -0.314 e. The van der Waals surface area contributed by atoms with Crippen LogP contribution in [0.1, 0.15) is 51.4 Å². The highest BCUT2D eigenvalue weighted by Crippen LogP contribution is 2.22. The van der Waals surface area contributed by atoms with Crippen LogP contribution >= 0.6 is 11.6 Å². The molecule has 1 rings (SSSR count). The minimum absolute atomic E-state index is 0.507. The zero-order valence-corrected chi connectivity index (χ0v) is 12.8. The van der Waals surface area contributed by atoms with Crippen LogP contribution in [0.5, 0.6) is 0 Å². The first-order valence-electron chi connectivity index (χ1n) is 7.07.